The summed E-state index contributed by atoms with van der Waals surface area (Å²) in [5.41, 5.74) is 0.133. The van der Waals surface area contributed by atoms with Gasteiger partial charge in [0.1, 0.15) is 11.6 Å². The number of pyridine rings is 1. The van der Waals surface area contributed by atoms with Crippen LogP contribution in [0, 0.1) is 0 Å². The third-order valence-corrected chi connectivity index (χ3v) is 3.73. The number of hydrogen-bond donors (Lipinski definition) is 2. The van der Waals surface area contributed by atoms with E-state index in [1.807, 2.05) is 6.92 Å². The highest BCUT2D eigenvalue weighted by atomic mass is 35.5. The summed E-state index contributed by atoms with van der Waals surface area (Å²) in [6, 6.07) is 1.73. The standard InChI is InChI=1S/C12H17Cl2N3/c1-3-15-10-8(13)7-9(14)11(16-10)17-12(2)5-4-6-12/h7H,3-6H2,1-2H3,(H2,15,16,17). The van der Waals surface area contributed by atoms with Gasteiger partial charge < -0.3 is 10.6 Å². The number of halogens is 2. The number of rotatable bonds is 4. The smallest absolute Gasteiger partial charge is 0.147 e. The summed E-state index contributed by atoms with van der Waals surface area (Å²) in [6.45, 7) is 4.98. The van der Waals surface area contributed by atoms with Gasteiger partial charge in [0, 0.05) is 12.1 Å². The fourth-order valence-electron chi connectivity index (χ4n) is 1.96. The number of nitrogens with one attached hydrogen (secondary N) is 2. The van der Waals surface area contributed by atoms with Crippen LogP contribution in [0.15, 0.2) is 6.07 Å². The van der Waals surface area contributed by atoms with E-state index in [4.69, 9.17) is 23.2 Å². The quantitative estimate of drug-likeness (QED) is 0.865. The molecule has 0 bridgehead atoms. The normalized spacial score (nSPS) is 17.4. The fourth-order valence-corrected chi connectivity index (χ4v) is 2.44. The molecule has 0 aromatic carbocycles. The molecule has 3 nitrogen and oxygen atoms in total. The minimum Gasteiger partial charge on any atom is -0.369 e. The second kappa shape index (κ2) is 4.91. The van der Waals surface area contributed by atoms with Gasteiger partial charge in [-0.1, -0.05) is 23.2 Å². The van der Waals surface area contributed by atoms with E-state index in [9.17, 15) is 0 Å². The molecule has 2 rings (SSSR count). The van der Waals surface area contributed by atoms with Crippen LogP contribution in [0.2, 0.25) is 10.0 Å². The summed E-state index contributed by atoms with van der Waals surface area (Å²) in [6.07, 6.45) is 3.57. The molecule has 0 spiro atoms. The van der Waals surface area contributed by atoms with E-state index in [-0.39, 0.29) is 5.54 Å². The first-order chi connectivity index (χ1) is 8.04. The van der Waals surface area contributed by atoms with Gasteiger partial charge in [-0.15, -0.1) is 0 Å². The largest absolute Gasteiger partial charge is 0.369 e. The van der Waals surface area contributed by atoms with Crippen LogP contribution in [-0.2, 0) is 0 Å². The highest BCUT2D eigenvalue weighted by Crippen LogP contribution is 2.37. The van der Waals surface area contributed by atoms with Gasteiger partial charge in [0.05, 0.1) is 10.0 Å². The average molecular weight is 274 g/mol. The van der Waals surface area contributed by atoms with Crippen molar-refractivity contribution < 1.29 is 0 Å². The summed E-state index contributed by atoms with van der Waals surface area (Å²) in [7, 11) is 0. The monoisotopic (exact) mass is 273 g/mol. The van der Waals surface area contributed by atoms with Gasteiger partial charge in [-0.3, -0.25) is 0 Å². The van der Waals surface area contributed by atoms with E-state index in [2.05, 4.69) is 22.5 Å². The maximum atomic E-state index is 6.15. The lowest BCUT2D eigenvalue weighted by Crippen LogP contribution is -2.42. The molecule has 1 heterocycles. The number of anilines is 2. The average Bonchev–Trinajstić information content (AvgIpc) is 2.23. The Balaban J connectivity index is 2.23. The third kappa shape index (κ3) is 2.78. The zero-order valence-electron chi connectivity index (χ0n) is 10.1. The van der Waals surface area contributed by atoms with Gasteiger partial charge in [-0.2, -0.15) is 0 Å². The van der Waals surface area contributed by atoms with E-state index in [1.54, 1.807) is 6.07 Å². The summed E-state index contributed by atoms with van der Waals surface area (Å²) < 4.78 is 0. The second-order valence-electron chi connectivity index (χ2n) is 4.72. The Hall–Kier alpha value is -0.670. The molecule has 0 atom stereocenters. The minimum atomic E-state index is 0.133. The predicted octanol–water partition coefficient (Wildman–Crippen LogP) is 4.17. The lowest BCUT2D eigenvalue weighted by molar-refractivity contribution is 0.306. The Bertz CT molecular complexity index is 416. The molecule has 1 aliphatic rings. The van der Waals surface area contributed by atoms with Crippen molar-refractivity contribution in [3.8, 4) is 0 Å². The summed E-state index contributed by atoms with van der Waals surface area (Å²) >= 11 is 12.2. The maximum absolute atomic E-state index is 6.15. The van der Waals surface area contributed by atoms with Gasteiger partial charge in [-0.25, -0.2) is 4.98 Å². The number of hydrogen-bond acceptors (Lipinski definition) is 3. The summed E-state index contributed by atoms with van der Waals surface area (Å²) in [5, 5.41) is 7.66. The van der Waals surface area contributed by atoms with E-state index in [1.165, 1.54) is 6.42 Å². The second-order valence-corrected chi connectivity index (χ2v) is 5.53. The Morgan fingerprint density at radius 3 is 2.47 bits per heavy atom. The third-order valence-electron chi connectivity index (χ3n) is 3.15. The highest BCUT2D eigenvalue weighted by molar-refractivity contribution is 6.37. The predicted molar refractivity (Wildman–Crippen MR) is 74.3 cm³/mol. The fraction of sp³-hybridized carbons (Fsp3) is 0.583. The molecular weight excluding hydrogens is 257 g/mol. The molecule has 0 saturated heterocycles. The van der Waals surface area contributed by atoms with Crippen molar-refractivity contribution in [1.82, 2.24) is 4.98 Å². The number of aromatic nitrogens is 1. The first-order valence-electron chi connectivity index (χ1n) is 5.92. The van der Waals surface area contributed by atoms with Crippen LogP contribution in [0.4, 0.5) is 11.6 Å². The van der Waals surface area contributed by atoms with Gasteiger partial charge in [-0.05, 0) is 39.2 Å². The Morgan fingerprint density at radius 2 is 1.94 bits per heavy atom. The zero-order valence-corrected chi connectivity index (χ0v) is 11.6. The molecule has 1 aromatic rings. The molecule has 0 unspecified atom stereocenters. The molecule has 1 saturated carbocycles. The SMILES string of the molecule is CCNc1nc(NC2(C)CCC2)c(Cl)cc1Cl. The van der Waals surface area contributed by atoms with Crippen molar-refractivity contribution in [2.75, 3.05) is 17.2 Å². The molecule has 1 fully saturated rings. The van der Waals surface area contributed by atoms with Crippen LogP contribution in [-0.4, -0.2) is 17.1 Å². The molecular formula is C12H17Cl2N3. The molecule has 0 amide bonds. The first kappa shape index (κ1) is 12.8. The maximum Gasteiger partial charge on any atom is 0.147 e. The van der Waals surface area contributed by atoms with Crippen LogP contribution < -0.4 is 10.6 Å². The molecule has 1 aliphatic carbocycles. The van der Waals surface area contributed by atoms with Crippen LogP contribution in [0.3, 0.4) is 0 Å². The lowest BCUT2D eigenvalue weighted by Gasteiger charge is -2.39. The molecule has 0 radical (unpaired) electrons. The van der Waals surface area contributed by atoms with Gasteiger partial charge in [0.2, 0.25) is 0 Å². The van der Waals surface area contributed by atoms with Crippen molar-refractivity contribution in [2.45, 2.75) is 38.6 Å². The van der Waals surface area contributed by atoms with E-state index >= 15 is 0 Å². The van der Waals surface area contributed by atoms with Crippen LogP contribution in [0.25, 0.3) is 0 Å². The van der Waals surface area contributed by atoms with Crippen LogP contribution >= 0.6 is 23.2 Å². The number of nitrogens with zero attached hydrogens (tertiary/aromatic N) is 1. The first-order valence-corrected chi connectivity index (χ1v) is 6.68. The van der Waals surface area contributed by atoms with Crippen LogP contribution in [0.1, 0.15) is 33.1 Å². The van der Waals surface area contributed by atoms with Gasteiger partial charge in [0.15, 0.2) is 0 Å². The summed E-state index contributed by atoms with van der Waals surface area (Å²) in [5.74, 6) is 1.40. The summed E-state index contributed by atoms with van der Waals surface area (Å²) in [4.78, 5) is 4.44. The van der Waals surface area contributed by atoms with Gasteiger partial charge >= 0.3 is 0 Å². The van der Waals surface area contributed by atoms with Gasteiger partial charge in [0.25, 0.3) is 0 Å². The van der Waals surface area contributed by atoms with Crippen molar-refractivity contribution in [1.29, 1.82) is 0 Å². The minimum absolute atomic E-state index is 0.133. The molecule has 1 aromatic heterocycles. The Morgan fingerprint density at radius 1 is 1.29 bits per heavy atom. The van der Waals surface area contributed by atoms with Crippen molar-refractivity contribution in [3.05, 3.63) is 16.1 Å². The Kier molecular flexibility index (Phi) is 3.69. The highest BCUT2D eigenvalue weighted by Gasteiger charge is 2.32. The van der Waals surface area contributed by atoms with E-state index < -0.39 is 0 Å². The molecule has 94 valence electrons. The van der Waals surface area contributed by atoms with Crippen molar-refractivity contribution >= 4 is 34.8 Å². The van der Waals surface area contributed by atoms with E-state index in [0.717, 1.165) is 19.4 Å². The van der Waals surface area contributed by atoms with Crippen molar-refractivity contribution in [3.63, 3.8) is 0 Å². The molecule has 0 aliphatic heterocycles. The van der Waals surface area contributed by atoms with E-state index in [0.29, 0.717) is 21.7 Å². The van der Waals surface area contributed by atoms with Crippen LogP contribution in [0.5, 0.6) is 0 Å². The molecule has 17 heavy (non-hydrogen) atoms. The molecule has 2 N–H and O–H groups in total. The zero-order chi connectivity index (χ0) is 12.5. The molecule has 5 heteroatoms. The van der Waals surface area contributed by atoms with Crippen molar-refractivity contribution in [2.24, 2.45) is 0 Å². The topological polar surface area (TPSA) is 37.0 Å². The Labute approximate surface area is 112 Å². The lowest BCUT2D eigenvalue weighted by atomic mass is 9.78.